The average molecular weight is 358 g/mol. The Morgan fingerprint density at radius 2 is 2.35 bits per heavy atom. The Hall–Kier alpha value is -1.25. The van der Waals surface area contributed by atoms with E-state index in [0.29, 0.717) is 11.8 Å². The highest BCUT2D eigenvalue weighted by atomic mass is 79.9. The second kappa shape index (κ2) is 5.63. The predicted octanol–water partition coefficient (Wildman–Crippen LogP) is 2.51. The SMILES string of the molecule is O=C(O)C(NCc1nnc(-c2ccc(Br)s2)o1)C1CC1. The Bertz CT molecular complexity index is 623. The number of thiophene rings is 1. The molecular formula is C12H12BrN3O3S. The first-order valence-electron chi connectivity index (χ1n) is 6.18. The van der Waals surface area contributed by atoms with Gasteiger partial charge in [-0.25, -0.2) is 0 Å². The number of carboxylic acid groups (broad SMARTS) is 1. The first kappa shape index (κ1) is 13.7. The maximum absolute atomic E-state index is 11.1. The van der Waals surface area contributed by atoms with Crippen molar-refractivity contribution in [3.05, 3.63) is 21.8 Å². The zero-order valence-corrected chi connectivity index (χ0v) is 12.8. The summed E-state index contributed by atoms with van der Waals surface area (Å²) >= 11 is 4.88. The number of carboxylic acids is 1. The van der Waals surface area contributed by atoms with E-state index in [1.54, 1.807) is 0 Å². The molecule has 0 aliphatic heterocycles. The van der Waals surface area contributed by atoms with Crippen molar-refractivity contribution >= 4 is 33.2 Å². The molecule has 3 rings (SSSR count). The number of hydrogen-bond acceptors (Lipinski definition) is 6. The normalized spacial score (nSPS) is 16.2. The Kier molecular flexibility index (Phi) is 3.86. The smallest absolute Gasteiger partial charge is 0.320 e. The van der Waals surface area contributed by atoms with E-state index in [1.165, 1.54) is 11.3 Å². The van der Waals surface area contributed by atoms with Gasteiger partial charge in [0.05, 0.1) is 15.2 Å². The van der Waals surface area contributed by atoms with E-state index in [-0.39, 0.29) is 12.5 Å². The van der Waals surface area contributed by atoms with E-state index in [0.717, 1.165) is 21.5 Å². The quantitative estimate of drug-likeness (QED) is 0.825. The molecule has 0 radical (unpaired) electrons. The zero-order chi connectivity index (χ0) is 14.1. The van der Waals surface area contributed by atoms with Crippen molar-refractivity contribution in [2.75, 3.05) is 0 Å². The van der Waals surface area contributed by atoms with Crippen LogP contribution in [0.3, 0.4) is 0 Å². The fourth-order valence-electron chi connectivity index (χ4n) is 1.94. The van der Waals surface area contributed by atoms with Crippen LogP contribution >= 0.6 is 27.3 Å². The molecular weight excluding hydrogens is 346 g/mol. The van der Waals surface area contributed by atoms with E-state index in [4.69, 9.17) is 9.52 Å². The topological polar surface area (TPSA) is 88.2 Å². The van der Waals surface area contributed by atoms with Crippen LogP contribution in [-0.2, 0) is 11.3 Å². The van der Waals surface area contributed by atoms with Crippen molar-refractivity contribution in [3.63, 3.8) is 0 Å². The molecule has 1 saturated carbocycles. The monoisotopic (exact) mass is 357 g/mol. The number of nitrogens with zero attached hydrogens (tertiary/aromatic N) is 2. The van der Waals surface area contributed by atoms with Crippen molar-refractivity contribution in [3.8, 4) is 10.8 Å². The summed E-state index contributed by atoms with van der Waals surface area (Å²) in [4.78, 5) is 12.0. The van der Waals surface area contributed by atoms with E-state index in [9.17, 15) is 4.79 Å². The number of halogens is 1. The Balaban J connectivity index is 1.63. The van der Waals surface area contributed by atoms with Gasteiger partial charge in [0.2, 0.25) is 5.89 Å². The van der Waals surface area contributed by atoms with E-state index >= 15 is 0 Å². The number of rotatable bonds is 6. The van der Waals surface area contributed by atoms with Gasteiger partial charge in [0, 0.05) is 0 Å². The van der Waals surface area contributed by atoms with Gasteiger partial charge in [-0.3, -0.25) is 10.1 Å². The van der Waals surface area contributed by atoms with Crippen LogP contribution in [0.25, 0.3) is 10.8 Å². The van der Waals surface area contributed by atoms with Crippen molar-refractivity contribution in [2.24, 2.45) is 5.92 Å². The number of nitrogens with one attached hydrogen (secondary N) is 1. The van der Waals surface area contributed by atoms with Crippen molar-refractivity contribution in [1.82, 2.24) is 15.5 Å². The van der Waals surface area contributed by atoms with Gasteiger partial charge in [-0.15, -0.1) is 21.5 Å². The highest BCUT2D eigenvalue weighted by molar-refractivity contribution is 9.11. The van der Waals surface area contributed by atoms with Crippen LogP contribution in [0.1, 0.15) is 18.7 Å². The first-order chi connectivity index (χ1) is 9.63. The fourth-order valence-corrected chi connectivity index (χ4v) is 3.24. The van der Waals surface area contributed by atoms with Crippen molar-refractivity contribution in [1.29, 1.82) is 0 Å². The number of carbonyl (C=O) groups is 1. The van der Waals surface area contributed by atoms with Gasteiger partial charge in [0.1, 0.15) is 6.04 Å². The lowest BCUT2D eigenvalue weighted by molar-refractivity contribution is -0.140. The lowest BCUT2D eigenvalue weighted by Gasteiger charge is -2.11. The summed E-state index contributed by atoms with van der Waals surface area (Å²) in [5.74, 6) is 0.254. The summed E-state index contributed by atoms with van der Waals surface area (Å²) in [6.07, 6.45) is 1.92. The molecule has 0 aromatic carbocycles. The Morgan fingerprint density at radius 1 is 1.55 bits per heavy atom. The van der Waals surface area contributed by atoms with Crippen molar-refractivity contribution in [2.45, 2.75) is 25.4 Å². The van der Waals surface area contributed by atoms with E-state index in [1.807, 2.05) is 12.1 Å². The van der Waals surface area contributed by atoms with Crippen LogP contribution in [0.4, 0.5) is 0 Å². The summed E-state index contributed by atoms with van der Waals surface area (Å²) in [5, 5.41) is 20.0. The second-order valence-electron chi connectivity index (χ2n) is 4.64. The molecule has 20 heavy (non-hydrogen) atoms. The highest BCUT2D eigenvalue weighted by Gasteiger charge is 2.36. The molecule has 2 heterocycles. The van der Waals surface area contributed by atoms with E-state index < -0.39 is 12.0 Å². The van der Waals surface area contributed by atoms with Crippen molar-refractivity contribution < 1.29 is 14.3 Å². The molecule has 0 amide bonds. The molecule has 2 aromatic rings. The molecule has 6 nitrogen and oxygen atoms in total. The minimum atomic E-state index is -0.825. The molecule has 8 heteroatoms. The van der Waals surface area contributed by atoms with Gasteiger partial charge in [0.25, 0.3) is 5.89 Å². The predicted molar refractivity (Wildman–Crippen MR) is 76.3 cm³/mol. The summed E-state index contributed by atoms with van der Waals surface area (Å²) in [5.41, 5.74) is 0. The maximum atomic E-state index is 11.1. The molecule has 0 spiro atoms. The lowest BCUT2D eigenvalue weighted by atomic mass is 10.2. The molecule has 1 unspecified atom stereocenters. The maximum Gasteiger partial charge on any atom is 0.320 e. The third kappa shape index (κ3) is 3.08. The van der Waals surface area contributed by atoms with Gasteiger partial charge in [0.15, 0.2) is 0 Å². The Morgan fingerprint density at radius 3 is 2.95 bits per heavy atom. The molecule has 0 bridgehead atoms. The van der Waals surface area contributed by atoms with Gasteiger partial charge in [-0.2, -0.15) is 0 Å². The standard InChI is InChI=1S/C12H12BrN3O3S/c13-8-4-3-7(20-8)11-16-15-9(19-11)5-14-10(12(17)18)6-1-2-6/h3-4,6,10,14H,1-2,5H2,(H,17,18). The zero-order valence-electron chi connectivity index (χ0n) is 10.4. The number of hydrogen-bond donors (Lipinski definition) is 2. The molecule has 106 valence electrons. The molecule has 1 aliphatic carbocycles. The molecule has 2 N–H and O–H groups in total. The third-order valence-corrected chi connectivity index (χ3v) is 4.70. The van der Waals surface area contributed by atoms with Crippen LogP contribution in [0, 0.1) is 5.92 Å². The largest absolute Gasteiger partial charge is 0.480 e. The minimum Gasteiger partial charge on any atom is -0.480 e. The fraction of sp³-hybridized carbons (Fsp3) is 0.417. The number of aromatic nitrogens is 2. The molecule has 0 saturated heterocycles. The number of aliphatic carboxylic acids is 1. The van der Waals surface area contributed by atoms with Crippen LogP contribution < -0.4 is 5.32 Å². The summed E-state index contributed by atoms with van der Waals surface area (Å²) in [6, 6.07) is 3.28. The van der Waals surface area contributed by atoms with Gasteiger partial charge in [-0.05, 0) is 46.8 Å². The molecule has 1 fully saturated rings. The van der Waals surface area contributed by atoms with Gasteiger partial charge >= 0.3 is 5.97 Å². The highest BCUT2D eigenvalue weighted by Crippen LogP contribution is 2.33. The average Bonchev–Trinajstić information content (AvgIpc) is 2.96. The first-order valence-corrected chi connectivity index (χ1v) is 7.78. The second-order valence-corrected chi connectivity index (χ2v) is 7.10. The lowest BCUT2D eigenvalue weighted by Crippen LogP contribution is -2.38. The molecule has 1 atom stereocenters. The van der Waals surface area contributed by atoms with Crippen LogP contribution in [0.5, 0.6) is 0 Å². The minimum absolute atomic E-state index is 0.225. The van der Waals surface area contributed by atoms with Gasteiger partial charge < -0.3 is 9.52 Å². The van der Waals surface area contributed by atoms with Crippen LogP contribution in [0.2, 0.25) is 0 Å². The Labute approximate surface area is 127 Å². The van der Waals surface area contributed by atoms with Gasteiger partial charge in [-0.1, -0.05) is 0 Å². The molecule has 2 aromatic heterocycles. The van der Waals surface area contributed by atoms with E-state index in [2.05, 4.69) is 31.4 Å². The molecule has 1 aliphatic rings. The summed E-state index contributed by atoms with van der Waals surface area (Å²) in [7, 11) is 0. The van der Waals surface area contributed by atoms with Crippen LogP contribution in [0.15, 0.2) is 20.3 Å². The van der Waals surface area contributed by atoms with Crippen LogP contribution in [-0.4, -0.2) is 27.3 Å². The summed E-state index contributed by atoms with van der Waals surface area (Å²) in [6.45, 7) is 0.271. The summed E-state index contributed by atoms with van der Waals surface area (Å²) < 4.78 is 6.52. The third-order valence-electron chi connectivity index (χ3n) is 3.08.